The van der Waals surface area contributed by atoms with E-state index in [9.17, 15) is 9.59 Å². The van der Waals surface area contributed by atoms with Crippen LogP contribution in [-0.4, -0.2) is 45.4 Å². The topological polar surface area (TPSA) is 75.2 Å². The van der Waals surface area contributed by atoms with Crippen LogP contribution in [0.4, 0.5) is 0 Å². The SMILES string of the molecule is Cc1ccccc1CCN(CC(=O)NC1CCCC1)C(=O)c1csnn1. The Morgan fingerprint density at radius 3 is 2.73 bits per heavy atom. The second-order valence-corrected chi connectivity index (χ2v) is 7.35. The summed E-state index contributed by atoms with van der Waals surface area (Å²) in [4.78, 5) is 26.7. The van der Waals surface area contributed by atoms with E-state index >= 15 is 0 Å². The predicted molar refractivity (Wildman–Crippen MR) is 101 cm³/mol. The summed E-state index contributed by atoms with van der Waals surface area (Å²) < 4.78 is 3.76. The van der Waals surface area contributed by atoms with Crippen LogP contribution in [0, 0.1) is 6.92 Å². The smallest absolute Gasteiger partial charge is 0.275 e. The van der Waals surface area contributed by atoms with Crippen molar-refractivity contribution in [3.05, 3.63) is 46.5 Å². The average molecular weight is 372 g/mol. The van der Waals surface area contributed by atoms with Crippen LogP contribution in [0.3, 0.4) is 0 Å². The Morgan fingerprint density at radius 1 is 1.27 bits per heavy atom. The minimum atomic E-state index is -0.242. The van der Waals surface area contributed by atoms with Gasteiger partial charge in [0.15, 0.2) is 5.69 Å². The first-order chi connectivity index (χ1) is 12.6. The van der Waals surface area contributed by atoms with E-state index in [4.69, 9.17) is 0 Å². The van der Waals surface area contributed by atoms with Gasteiger partial charge in [-0.15, -0.1) is 5.10 Å². The lowest BCUT2D eigenvalue weighted by Gasteiger charge is -2.23. The standard InChI is InChI=1S/C19H24N4O2S/c1-14-6-2-3-7-15(14)10-11-23(19(25)17-13-26-22-21-17)12-18(24)20-16-8-4-5-9-16/h2-3,6-7,13,16H,4-5,8-12H2,1H3,(H,20,24). The molecule has 1 aromatic heterocycles. The number of aryl methyl sites for hydroxylation is 1. The van der Waals surface area contributed by atoms with E-state index in [1.807, 2.05) is 12.1 Å². The van der Waals surface area contributed by atoms with Crippen molar-refractivity contribution in [2.45, 2.75) is 45.1 Å². The first-order valence-electron chi connectivity index (χ1n) is 9.03. The van der Waals surface area contributed by atoms with Gasteiger partial charge in [-0.2, -0.15) is 0 Å². The highest BCUT2D eigenvalue weighted by Crippen LogP contribution is 2.17. The number of carbonyl (C=O) groups excluding carboxylic acids is 2. The van der Waals surface area contributed by atoms with Gasteiger partial charge in [0.1, 0.15) is 0 Å². The zero-order chi connectivity index (χ0) is 18.4. The molecule has 2 amide bonds. The molecule has 0 aliphatic heterocycles. The van der Waals surface area contributed by atoms with Gasteiger partial charge in [-0.05, 0) is 48.8 Å². The van der Waals surface area contributed by atoms with Crippen molar-refractivity contribution in [3.63, 3.8) is 0 Å². The lowest BCUT2D eigenvalue weighted by atomic mass is 10.1. The van der Waals surface area contributed by atoms with Crippen molar-refractivity contribution in [2.24, 2.45) is 0 Å². The fourth-order valence-corrected chi connectivity index (χ4v) is 3.77. The van der Waals surface area contributed by atoms with E-state index in [2.05, 4.69) is 34.0 Å². The molecule has 0 spiro atoms. The molecule has 26 heavy (non-hydrogen) atoms. The second kappa shape index (κ2) is 8.89. The van der Waals surface area contributed by atoms with E-state index in [0.29, 0.717) is 18.7 Å². The van der Waals surface area contributed by atoms with E-state index in [0.717, 1.165) is 37.2 Å². The highest BCUT2D eigenvalue weighted by molar-refractivity contribution is 7.03. The molecular weight excluding hydrogens is 348 g/mol. The lowest BCUT2D eigenvalue weighted by Crippen LogP contribution is -2.44. The van der Waals surface area contributed by atoms with E-state index in [-0.39, 0.29) is 24.4 Å². The summed E-state index contributed by atoms with van der Waals surface area (Å²) in [5.74, 6) is -0.341. The van der Waals surface area contributed by atoms with Crippen molar-refractivity contribution in [2.75, 3.05) is 13.1 Å². The lowest BCUT2D eigenvalue weighted by molar-refractivity contribution is -0.122. The maximum absolute atomic E-state index is 12.7. The summed E-state index contributed by atoms with van der Waals surface area (Å²) in [6, 6.07) is 8.35. The van der Waals surface area contributed by atoms with Gasteiger partial charge in [-0.25, -0.2) is 0 Å². The Balaban J connectivity index is 1.65. The van der Waals surface area contributed by atoms with Crippen molar-refractivity contribution < 1.29 is 9.59 Å². The van der Waals surface area contributed by atoms with Gasteiger partial charge in [0.05, 0.1) is 6.54 Å². The number of benzene rings is 1. The molecule has 0 unspecified atom stereocenters. The van der Waals surface area contributed by atoms with Crippen LogP contribution >= 0.6 is 11.5 Å². The third-order valence-corrected chi connectivity index (χ3v) is 5.34. The Morgan fingerprint density at radius 2 is 2.04 bits per heavy atom. The minimum Gasteiger partial charge on any atom is -0.352 e. The summed E-state index contributed by atoms with van der Waals surface area (Å²) in [7, 11) is 0. The fraction of sp³-hybridized carbons (Fsp3) is 0.474. The Hall–Kier alpha value is -2.28. The molecule has 0 bridgehead atoms. The van der Waals surface area contributed by atoms with Crippen molar-refractivity contribution in [1.82, 2.24) is 19.8 Å². The summed E-state index contributed by atoms with van der Waals surface area (Å²) in [5.41, 5.74) is 2.66. The molecule has 1 N–H and O–H groups in total. The van der Waals surface area contributed by atoms with E-state index in [1.54, 1.807) is 10.3 Å². The fourth-order valence-electron chi connectivity index (χ4n) is 3.34. The molecule has 1 aromatic carbocycles. The summed E-state index contributed by atoms with van der Waals surface area (Å²) in [6.07, 6.45) is 5.07. The third kappa shape index (κ3) is 4.88. The highest BCUT2D eigenvalue weighted by Gasteiger charge is 2.23. The number of amides is 2. The molecule has 0 atom stereocenters. The van der Waals surface area contributed by atoms with Crippen LogP contribution in [0.1, 0.15) is 47.3 Å². The first kappa shape index (κ1) is 18.5. The second-order valence-electron chi connectivity index (χ2n) is 6.74. The quantitative estimate of drug-likeness (QED) is 0.811. The molecular formula is C19H24N4O2S. The van der Waals surface area contributed by atoms with Crippen LogP contribution in [0.15, 0.2) is 29.6 Å². The van der Waals surface area contributed by atoms with Gasteiger partial charge in [0, 0.05) is 18.0 Å². The zero-order valence-corrected chi connectivity index (χ0v) is 15.8. The monoisotopic (exact) mass is 372 g/mol. The third-order valence-electron chi connectivity index (χ3n) is 4.83. The normalized spacial score (nSPS) is 14.3. The Labute approximate surface area is 157 Å². The number of aromatic nitrogens is 2. The zero-order valence-electron chi connectivity index (χ0n) is 15.0. The summed E-state index contributed by atoms with van der Waals surface area (Å²) in [6.45, 7) is 2.58. The number of nitrogens with one attached hydrogen (secondary N) is 1. The van der Waals surface area contributed by atoms with Crippen molar-refractivity contribution >= 4 is 23.3 Å². The maximum atomic E-state index is 12.7. The summed E-state index contributed by atoms with van der Waals surface area (Å²) >= 11 is 1.14. The Kier molecular flexibility index (Phi) is 6.33. The number of hydrogen-bond donors (Lipinski definition) is 1. The maximum Gasteiger partial charge on any atom is 0.275 e. The molecule has 1 aliphatic rings. The van der Waals surface area contributed by atoms with Crippen LogP contribution in [0.2, 0.25) is 0 Å². The molecule has 1 aliphatic carbocycles. The molecule has 3 rings (SSSR count). The molecule has 1 heterocycles. The molecule has 2 aromatic rings. The number of hydrogen-bond acceptors (Lipinski definition) is 5. The molecule has 7 heteroatoms. The number of nitrogens with zero attached hydrogens (tertiary/aromatic N) is 3. The molecule has 1 fully saturated rings. The van der Waals surface area contributed by atoms with Gasteiger partial charge in [-0.3, -0.25) is 9.59 Å². The minimum absolute atomic E-state index is 0.0543. The largest absolute Gasteiger partial charge is 0.352 e. The number of carbonyl (C=O) groups is 2. The van der Waals surface area contributed by atoms with E-state index < -0.39 is 0 Å². The van der Waals surface area contributed by atoms with Gasteiger partial charge >= 0.3 is 0 Å². The van der Waals surface area contributed by atoms with Crippen LogP contribution in [0.25, 0.3) is 0 Å². The molecule has 1 saturated carbocycles. The first-order valence-corrected chi connectivity index (χ1v) is 9.87. The Bertz CT molecular complexity index is 742. The average Bonchev–Trinajstić information content (AvgIpc) is 3.33. The van der Waals surface area contributed by atoms with Gasteiger partial charge < -0.3 is 10.2 Å². The van der Waals surface area contributed by atoms with Crippen LogP contribution in [0.5, 0.6) is 0 Å². The van der Waals surface area contributed by atoms with Crippen molar-refractivity contribution in [3.8, 4) is 0 Å². The van der Waals surface area contributed by atoms with Crippen molar-refractivity contribution in [1.29, 1.82) is 0 Å². The highest BCUT2D eigenvalue weighted by atomic mass is 32.1. The summed E-state index contributed by atoms with van der Waals surface area (Å²) in [5, 5.41) is 8.54. The molecule has 6 nitrogen and oxygen atoms in total. The van der Waals surface area contributed by atoms with Crippen LogP contribution < -0.4 is 5.32 Å². The molecule has 138 valence electrons. The van der Waals surface area contributed by atoms with E-state index in [1.165, 1.54) is 11.1 Å². The predicted octanol–water partition coefficient (Wildman–Crippen LogP) is 2.59. The van der Waals surface area contributed by atoms with Gasteiger partial charge in [0.2, 0.25) is 5.91 Å². The van der Waals surface area contributed by atoms with Gasteiger partial charge in [0.25, 0.3) is 5.91 Å². The molecule has 0 radical (unpaired) electrons. The van der Waals surface area contributed by atoms with Gasteiger partial charge in [-0.1, -0.05) is 41.6 Å². The van der Waals surface area contributed by atoms with Crippen LogP contribution in [-0.2, 0) is 11.2 Å². The molecule has 0 saturated heterocycles. The number of rotatable bonds is 7.